The lowest BCUT2D eigenvalue weighted by Crippen LogP contribution is -2.01. The zero-order valence-electron chi connectivity index (χ0n) is 24.2. The van der Waals surface area contributed by atoms with Gasteiger partial charge in [-0.3, -0.25) is 0 Å². The van der Waals surface area contributed by atoms with Gasteiger partial charge >= 0.3 is 0 Å². The third kappa shape index (κ3) is 4.27. The van der Waals surface area contributed by atoms with Gasteiger partial charge in [0.15, 0.2) is 17.5 Å². The minimum absolute atomic E-state index is 0.607. The van der Waals surface area contributed by atoms with Gasteiger partial charge in [0, 0.05) is 27.5 Å². The van der Waals surface area contributed by atoms with Crippen LogP contribution < -0.4 is 0 Å². The first-order chi connectivity index (χ1) is 22.3. The molecule has 0 fully saturated rings. The quantitative estimate of drug-likeness (QED) is 0.209. The van der Waals surface area contributed by atoms with Crippen LogP contribution in [0.3, 0.4) is 0 Å². The van der Waals surface area contributed by atoms with E-state index < -0.39 is 0 Å². The first-order valence-corrected chi connectivity index (χ1v) is 15.0. The number of furan rings is 1. The molecule has 4 heteroatoms. The summed E-state index contributed by atoms with van der Waals surface area (Å²) in [6.45, 7) is 0. The molecule has 0 aliphatic carbocycles. The van der Waals surface area contributed by atoms with E-state index in [1.807, 2.05) is 60.7 Å². The smallest absolute Gasteiger partial charge is 0.164 e. The van der Waals surface area contributed by atoms with Crippen LogP contribution in [0.4, 0.5) is 0 Å². The maximum absolute atomic E-state index is 6.22. The van der Waals surface area contributed by atoms with Crippen molar-refractivity contribution in [3.63, 3.8) is 0 Å². The van der Waals surface area contributed by atoms with Crippen molar-refractivity contribution in [2.45, 2.75) is 0 Å². The summed E-state index contributed by atoms with van der Waals surface area (Å²) in [4.78, 5) is 15.3. The van der Waals surface area contributed by atoms with Crippen LogP contribution >= 0.6 is 0 Å². The van der Waals surface area contributed by atoms with Crippen LogP contribution in [0, 0.1) is 0 Å². The van der Waals surface area contributed by atoms with Crippen molar-refractivity contribution in [2.75, 3.05) is 0 Å². The molecule has 4 nitrogen and oxygen atoms in total. The molecule has 7 aromatic carbocycles. The largest absolute Gasteiger partial charge is 0.456 e. The van der Waals surface area contributed by atoms with Crippen LogP contribution in [-0.2, 0) is 0 Å². The van der Waals surface area contributed by atoms with Crippen molar-refractivity contribution in [1.82, 2.24) is 15.0 Å². The van der Waals surface area contributed by atoms with Crippen LogP contribution in [0.5, 0.6) is 0 Å². The monoisotopic (exact) mass is 575 g/mol. The fraction of sp³-hybridized carbons (Fsp3) is 0. The van der Waals surface area contributed by atoms with Crippen LogP contribution in [0.15, 0.2) is 156 Å². The Morgan fingerprint density at radius 1 is 0.356 bits per heavy atom. The topological polar surface area (TPSA) is 51.8 Å². The Balaban J connectivity index is 1.33. The molecule has 0 unspecified atom stereocenters. The van der Waals surface area contributed by atoms with Crippen molar-refractivity contribution in [1.29, 1.82) is 0 Å². The lowest BCUT2D eigenvalue weighted by atomic mass is 9.92. The summed E-state index contributed by atoms with van der Waals surface area (Å²) in [7, 11) is 0. The number of hydrogen-bond acceptors (Lipinski definition) is 4. The number of para-hydroxylation sites is 1. The minimum atomic E-state index is 0.607. The summed E-state index contributed by atoms with van der Waals surface area (Å²) in [5, 5.41) is 6.77. The average Bonchev–Trinajstić information content (AvgIpc) is 3.50. The second-order valence-corrected chi connectivity index (χ2v) is 11.2. The van der Waals surface area contributed by atoms with Gasteiger partial charge in [0.2, 0.25) is 0 Å². The van der Waals surface area contributed by atoms with E-state index in [1.54, 1.807) is 0 Å². The Labute approximate surface area is 259 Å². The molecule has 0 aliphatic rings. The third-order valence-electron chi connectivity index (χ3n) is 8.51. The normalized spacial score (nSPS) is 11.6. The highest BCUT2D eigenvalue weighted by Crippen LogP contribution is 2.39. The van der Waals surface area contributed by atoms with E-state index in [-0.39, 0.29) is 0 Å². The van der Waals surface area contributed by atoms with Crippen molar-refractivity contribution < 1.29 is 4.42 Å². The first-order valence-electron chi connectivity index (χ1n) is 15.0. The Morgan fingerprint density at radius 3 is 1.78 bits per heavy atom. The summed E-state index contributed by atoms with van der Waals surface area (Å²) in [6, 6.07) is 52.3. The molecule has 0 amide bonds. The number of nitrogens with zero attached hydrogens (tertiary/aromatic N) is 3. The van der Waals surface area contributed by atoms with Crippen molar-refractivity contribution >= 4 is 43.5 Å². The number of fused-ring (bicyclic) bond motifs is 5. The third-order valence-corrected chi connectivity index (χ3v) is 8.51. The summed E-state index contributed by atoms with van der Waals surface area (Å²) in [6.07, 6.45) is 0. The molecule has 0 radical (unpaired) electrons. The molecule has 2 aromatic heterocycles. The first kappa shape index (κ1) is 25.4. The fourth-order valence-electron chi connectivity index (χ4n) is 6.43. The van der Waals surface area contributed by atoms with Crippen LogP contribution in [0.1, 0.15) is 0 Å². The molecule has 0 atom stereocenters. The van der Waals surface area contributed by atoms with Crippen LogP contribution in [0.25, 0.3) is 88.8 Å². The molecule has 0 bridgehead atoms. The summed E-state index contributed by atoms with van der Waals surface area (Å²) < 4.78 is 6.22. The highest BCUT2D eigenvalue weighted by Gasteiger charge is 2.19. The Kier molecular flexibility index (Phi) is 5.78. The number of benzene rings is 7. The van der Waals surface area contributed by atoms with Gasteiger partial charge in [-0.15, -0.1) is 0 Å². The van der Waals surface area contributed by atoms with Gasteiger partial charge in [0.25, 0.3) is 0 Å². The molecule has 0 spiro atoms. The van der Waals surface area contributed by atoms with Gasteiger partial charge in [0.05, 0.1) is 0 Å². The van der Waals surface area contributed by atoms with Gasteiger partial charge < -0.3 is 4.42 Å². The molecule has 9 aromatic rings. The van der Waals surface area contributed by atoms with Gasteiger partial charge in [-0.05, 0) is 56.9 Å². The SMILES string of the molecule is c1ccc(-c2nc(-c3cc(-c4cccc5ccccc45)c4ccccc4c3)nc(-c3cccc4oc5ccccc5c34)n2)cc1. The van der Waals surface area contributed by atoms with E-state index in [1.165, 1.54) is 21.7 Å². The maximum Gasteiger partial charge on any atom is 0.164 e. The Hall–Kier alpha value is -6.13. The minimum Gasteiger partial charge on any atom is -0.456 e. The van der Waals surface area contributed by atoms with Crippen molar-refractivity contribution in [3.8, 4) is 45.3 Å². The second kappa shape index (κ2) is 10.2. The zero-order valence-corrected chi connectivity index (χ0v) is 24.2. The standard InChI is InChI=1S/C41H25N3O/c1-2-13-27(14-3-1)39-42-40(44-41(43-39)34-21-11-23-37-38(34)33-19-8-9-22-36(33)45-37)29-24-28-15-5-7-18-31(28)35(25-29)32-20-10-16-26-12-4-6-17-30(26)32/h1-25H. The molecule has 0 N–H and O–H groups in total. The average molecular weight is 576 g/mol. The predicted octanol–water partition coefficient (Wildman–Crippen LogP) is 10.7. The van der Waals surface area contributed by atoms with Gasteiger partial charge in [-0.2, -0.15) is 0 Å². The molecule has 0 saturated heterocycles. The lowest BCUT2D eigenvalue weighted by molar-refractivity contribution is 0.669. The molecular weight excluding hydrogens is 550 g/mol. The van der Waals surface area contributed by atoms with E-state index in [0.717, 1.165) is 49.6 Å². The predicted molar refractivity (Wildman–Crippen MR) is 184 cm³/mol. The summed E-state index contributed by atoms with van der Waals surface area (Å²) >= 11 is 0. The van der Waals surface area contributed by atoms with E-state index in [0.29, 0.717) is 17.5 Å². The molecular formula is C41H25N3O. The molecule has 210 valence electrons. The number of aromatic nitrogens is 3. The second-order valence-electron chi connectivity index (χ2n) is 11.2. The summed E-state index contributed by atoms with van der Waals surface area (Å²) in [5.41, 5.74) is 6.74. The van der Waals surface area contributed by atoms with Crippen molar-refractivity contribution in [2.24, 2.45) is 0 Å². The van der Waals surface area contributed by atoms with Crippen molar-refractivity contribution in [3.05, 3.63) is 152 Å². The summed E-state index contributed by atoms with van der Waals surface area (Å²) in [5.74, 6) is 1.85. The molecule has 0 saturated carbocycles. The lowest BCUT2D eigenvalue weighted by Gasteiger charge is -2.14. The van der Waals surface area contributed by atoms with Gasteiger partial charge in [0.1, 0.15) is 11.2 Å². The van der Waals surface area contributed by atoms with Crippen LogP contribution in [-0.4, -0.2) is 15.0 Å². The van der Waals surface area contributed by atoms with E-state index in [9.17, 15) is 0 Å². The molecule has 45 heavy (non-hydrogen) atoms. The number of rotatable bonds is 4. The molecule has 9 rings (SSSR count). The number of hydrogen-bond donors (Lipinski definition) is 0. The molecule has 2 heterocycles. The van der Waals surface area contributed by atoms with E-state index in [4.69, 9.17) is 19.4 Å². The van der Waals surface area contributed by atoms with E-state index in [2.05, 4.69) is 91.0 Å². The van der Waals surface area contributed by atoms with Gasteiger partial charge in [-0.25, -0.2) is 15.0 Å². The fourth-order valence-corrected chi connectivity index (χ4v) is 6.43. The Bertz CT molecular complexity index is 2540. The van der Waals surface area contributed by atoms with Gasteiger partial charge in [-0.1, -0.05) is 127 Å². The highest BCUT2D eigenvalue weighted by atomic mass is 16.3. The maximum atomic E-state index is 6.22. The van der Waals surface area contributed by atoms with Crippen LogP contribution in [0.2, 0.25) is 0 Å². The Morgan fingerprint density at radius 2 is 0.933 bits per heavy atom. The molecule has 0 aliphatic heterocycles. The zero-order chi connectivity index (χ0) is 29.7. The van der Waals surface area contributed by atoms with E-state index >= 15 is 0 Å². The highest BCUT2D eigenvalue weighted by molar-refractivity contribution is 6.12.